The molecule has 1 aliphatic heterocycles. The average Bonchev–Trinajstić information content (AvgIpc) is 2.61. The SMILES string of the molecule is COc1ccccc1-n1c(=O)c2c(c3c(N)ncnc31)CC(C)(C)OC2. The molecule has 0 bridgehead atoms. The molecule has 134 valence electrons. The third kappa shape index (κ3) is 2.43. The van der Waals surface area contributed by atoms with E-state index in [2.05, 4.69) is 9.97 Å². The molecule has 3 aromatic rings. The molecule has 7 nitrogen and oxygen atoms in total. The van der Waals surface area contributed by atoms with Crippen LogP contribution in [0.1, 0.15) is 25.0 Å². The molecule has 26 heavy (non-hydrogen) atoms. The van der Waals surface area contributed by atoms with Crippen molar-refractivity contribution in [3.63, 3.8) is 0 Å². The molecule has 3 heterocycles. The number of methoxy groups -OCH3 is 1. The Balaban J connectivity index is 2.16. The number of nitrogens with zero attached hydrogens (tertiary/aromatic N) is 3. The summed E-state index contributed by atoms with van der Waals surface area (Å²) < 4.78 is 12.9. The molecule has 0 amide bonds. The zero-order chi connectivity index (χ0) is 18.5. The molecule has 4 rings (SSSR count). The van der Waals surface area contributed by atoms with Gasteiger partial charge in [0.25, 0.3) is 5.56 Å². The van der Waals surface area contributed by atoms with Gasteiger partial charge in [0.15, 0.2) is 5.65 Å². The second-order valence-electron chi connectivity index (χ2n) is 6.95. The molecular formula is C19H20N4O3. The van der Waals surface area contributed by atoms with Crippen LogP contribution in [0.5, 0.6) is 5.75 Å². The van der Waals surface area contributed by atoms with E-state index in [9.17, 15) is 4.79 Å². The summed E-state index contributed by atoms with van der Waals surface area (Å²) in [6.45, 7) is 4.21. The number of para-hydroxylation sites is 2. The number of anilines is 1. The van der Waals surface area contributed by atoms with Crippen LogP contribution in [0.3, 0.4) is 0 Å². The minimum atomic E-state index is -0.384. The van der Waals surface area contributed by atoms with Gasteiger partial charge in [-0.25, -0.2) is 9.97 Å². The van der Waals surface area contributed by atoms with Crippen molar-refractivity contribution in [2.24, 2.45) is 0 Å². The van der Waals surface area contributed by atoms with Crippen molar-refractivity contribution in [1.29, 1.82) is 0 Å². The Kier molecular flexibility index (Phi) is 3.69. The van der Waals surface area contributed by atoms with Crippen LogP contribution in [0, 0.1) is 0 Å². The summed E-state index contributed by atoms with van der Waals surface area (Å²) in [5.74, 6) is 0.928. The number of nitrogens with two attached hydrogens (primary N) is 1. The van der Waals surface area contributed by atoms with Crippen molar-refractivity contribution in [3.05, 3.63) is 52.1 Å². The first-order chi connectivity index (χ1) is 12.4. The van der Waals surface area contributed by atoms with Crippen molar-refractivity contribution >= 4 is 16.9 Å². The van der Waals surface area contributed by atoms with Crippen molar-refractivity contribution in [3.8, 4) is 11.4 Å². The molecule has 2 N–H and O–H groups in total. The van der Waals surface area contributed by atoms with Crippen LogP contribution < -0.4 is 16.0 Å². The first kappa shape index (κ1) is 16.5. The first-order valence-corrected chi connectivity index (χ1v) is 8.37. The zero-order valence-corrected chi connectivity index (χ0v) is 14.9. The average molecular weight is 352 g/mol. The molecule has 1 aliphatic rings. The van der Waals surface area contributed by atoms with E-state index in [4.69, 9.17) is 15.2 Å². The van der Waals surface area contributed by atoms with Crippen LogP contribution >= 0.6 is 0 Å². The van der Waals surface area contributed by atoms with Gasteiger partial charge in [-0.2, -0.15) is 0 Å². The predicted octanol–water partition coefficient (Wildman–Crippen LogP) is 2.22. The standard InChI is InChI=1S/C19H20N4O3/c1-19(2)8-11-12(9-26-19)18(24)23(13-6-4-5-7-14(13)25-3)17-15(11)16(20)21-10-22-17/h4-7,10H,8-9H2,1-3H3,(H2,20,21,22). The quantitative estimate of drug-likeness (QED) is 0.760. The van der Waals surface area contributed by atoms with Crippen molar-refractivity contribution in [1.82, 2.24) is 14.5 Å². The molecular weight excluding hydrogens is 332 g/mol. The number of hydrogen-bond acceptors (Lipinski definition) is 6. The predicted molar refractivity (Wildman–Crippen MR) is 98.7 cm³/mol. The minimum Gasteiger partial charge on any atom is -0.495 e. The third-order valence-electron chi connectivity index (χ3n) is 4.73. The van der Waals surface area contributed by atoms with Gasteiger partial charge in [0.05, 0.1) is 30.4 Å². The molecule has 7 heteroatoms. The van der Waals surface area contributed by atoms with Crippen LogP contribution in [0.4, 0.5) is 5.82 Å². The normalized spacial score (nSPS) is 15.7. The van der Waals surface area contributed by atoms with E-state index in [1.807, 2.05) is 32.0 Å². The van der Waals surface area contributed by atoms with Gasteiger partial charge < -0.3 is 15.2 Å². The highest BCUT2D eigenvalue weighted by molar-refractivity contribution is 5.91. The van der Waals surface area contributed by atoms with Crippen LogP contribution in [0.2, 0.25) is 0 Å². The van der Waals surface area contributed by atoms with E-state index >= 15 is 0 Å². The third-order valence-corrected chi connectivity index (χ3v) is 4.73. The highest BCUT2D eigenvalue weighted by Gasteiger charge is 2.32. The number of nitrogen functional groups attached to an aromatic ring is 1. The van der Waals surface area contributed by atoms with Crippen LogP contribution in [-0.4, -0.2) is 27.2 Å². The molecule has 0 radical (unpaired) electrons. The topological polar surface area (TPSA) is 92.3 Å². The van der Waals surface area contributed by atoms with E-state index in [-0.39, 0.29) is 17.8 Å². The summed E-state index contributed by atoms with van der Waals surface area (Å²) in [5.41, 5.74) is 8.17. The molecule has 0 unspecified atom stereocenters. The van der Waals surface area contributed by atoms with Gasteiger partial charge in [0.2, 0.25) is 0 Å². The van der Waals surface area contributed by atoms with Crippen LogP contribution in [-0.2, 0) is 17.8 Å². The molecule has 2 aromatic heterocycles. The largest absolute Gasteiger partial charge is 0.495 e. The summed E-state index contributed by atoms with van der Waals surface area (Å²) in [6, 6.07) is 7.32. The maximum Gasteiger partial charge on any atom is 0.262 e. The Hall–Kier alpha value is -2.93. The number of hydrogen-bond donors (Lipinski definition) is 1. The van der Waals surface area contributed by atoms with E-state index in [0.29, 0.717) is 40.3 Å². The van der Waals surface area contributed by atoms with Gasteiger partial charge in [-0.3, -0.25) is 9.36 Å². The number of fused-ring (bicyclic) bond motifs is 3. The lowest BCUT2D eigenvalue weighted by Crippen LogP contribution is -2.37. The Morgan fingerprint density at radius 3 is 2.77 bits per heavy atom. The summed E-state index contributed by atoms with van der Waals surface area (Å²) in [5, 5.41) is 0.699. The lowest BCUT2D eigenvalue weighted by Gasteiger charge is -2.32. The minimum absolute atomic E-state index is 0.175. The van der Waals surface area contributed by atoms with Crippen molar-refractivity contribution in [2.75, 3.05) is 12.8 Å². The fourth-order valence-corrected chi connectivity index (χ4v) is 3.49. The lowest BCUT2D eigenvalue weighted by molar-refractivity contribution is -0.0403. The second kappa shape index (κ2) is 5.81. The molecule has 0 saturated carbocycles. The van der Waals surface area contributed by atoms with E-state index in [1.165, 1.54) is 10.9 Å². The Morgan fingerprint density at radius 1 is 1.23 bits per heavy atom. The Labute approximate surface area is 150 Å². The molecule has 0 fully saturated rings. The summed E-state index contributed by atoms with van der Waals surface area (Å²) in [4.78, 5) is 21.9. The Morgan fingerprint density at radius 2 is 2.00 bits per heavy atom. The number of rotatable bonds is 2. The highest BCUT2D eigenvalue weighted by atomic mass is 16.5. The number of ether oxygens (including phenoxy) is 2. The van der Waals surface area contributed by atoms with Crippen molar-refractivity contribution < 1.29 is 9.47 Å². The fraction of sp³-hybridized carbons (Fsp3) is 0.316. The van der Waals surface area contributed by atoms with Gasteiger partial charge in [-0.05, 0) is 31.5 Å². The summed E-state index contributed by atoms with van der Waals surface area (Å²) >= 11 is 0. The molecule has 0 saturated heterocycles. The zero-order valence-electron chi connectivity index (χ0n) is 14.9. The maximum absolute atomic E-state index is 13.3. The van der Waals surface area contributed by atoms with Gasteiger partial charge in [-0.15, -0.1) is 0 Å². The van der Waals surface area contributed by atoms with Gasteiger partial charge in [-0.1, -0.05) is 12.1 Å². The number of aromatic nitrogens is 3. The van der Waals surface area contributed by atoms with Gasteiger partial charge >= 0.3 is 0 Å². The van der Waals surface area contributed by atoms with Gasteiger partial charge in [0, 0.05) is 12.0 Å². The van der Waals surface area contributed by atoms with Crippen LogP contribution in [0.15, 0.2) is 35.4 Å². The number of benzene rings is 1. The van der Waals surface area contributed by atoms with Crippen molar-refractivity contribution in [2.45, 2.75) is 32.5 Å². The smallest absolute Gasteiger partial charge is 0.262 e. The van der Waals surface area contributed by atoms with Gasteiger partial charge in [0.1, 0.15) is 17.9 Å². The molecule has 0 atom stereocenters. The maximum atomic E-state index is 13.3. The summed E-state index contributed by atoms with van der Waals surface area (Å²) in [7, 11) is 1.57. The van der Waals surface area contributed by atoms with E-state index in [0.717, 1.165) is 5.56 Å². The van der Waals surface area contributed by atoms with Crippen LogP contribution in [0.25, 0.3) is 16.7 Å². The Bertz CT molecular complexity index is 1070. The first-order valence-electron chi connectivity index (χ1n) is 8.37. The number of pyridine rings is 1. The van der Waals surface area contributed by atoms with E-state index < -0.39 is 0 Å². The molecule has 0 spiro atoms. The lowest BCUT2D eigenvalue weighted by atomic mass is 9.90. The summed E-state index contributed by atoms with van der Waals surface area (Å²) in [6.07, 6.45) is 1.94. The molecule has 0 aliphatic carbocycles. The fourth-order valence-electron chi connectivity index (χ4n) is 3.49. The second-order valence-corrected chi connectivity index (χ2v) is 6.95. The van der Waals surface area contributed by atoms with E-state index in [1.54, 1.807) is 13.2 Å². The highest BCUT2D eigenvalue weighted by Crippen LogP contribution is 2.34. The molecule has 1 aromatic carbocycles. The monoisotopic (exact) mass is 352 g/mol.